The molecule has 1 heterocycles. The van der Waals surface area contributed by atoms with E-state index in [-0.39, 0.29) is 5.43 Å². The Balaban J connectivity index is 1.75. The Morgan fingerprint density at radius 1 is 0.952 bits per heavy atom. The number of rotatable bonds is 4. The molecule has 0 saturated carbocycles. The minimum absolute atomic E-state index is 0.0837. The lowest BCUT2D eigenvalue weighted by Gasteiger charge is -2.10. The van der Waals surface area contributed by atoms with Crippen molar-refractivity contribution in [2.24, 2.45) is 0 Å². The van der Waals surface area contributed by atoms with Crippen LogP contribution in [-0.2, 0) is 13.0 Å². The quantitative estimate of drug-likeness (QED) is 0.745. The van der Waals surface area contributed by atoms with Gasteiger partial charge in [-0.3, -0.25) is 4.79 Å². The SMILES string of the molecule is Nc1ccc(CCCn2ccc(=O)c3ccccc32)cc1. The predicted molar refractivity (Wildman–Crippen MR) is 87.4 cm³/mol. The van der Waals surface area contributed by atoms with Crippen LogP contribution in [-0.4, -0.2) is 4.57 Å². The van der Waals surface area contributed by atoms with Crippen LogP contribution in [0.2, 0.25) is 0 Å². The number of nitrogens with two attached hydrogens (primary N) is 1. The first kappa shape index (κ1) is 13.4. The van der Waals surface area contributed by atoms with Crippen molar-refractivity contribution in [3.8, 4) is 0 Å². The van der Waals surface area contributed by atoms with Gasteiger partial charge in [-0.2, -0.15) is 0 Å². The number of nitrogens with zero attached hydrogens (tertiary/aromatic N) is 1. The molecule has 0 aliphatic rings. The summed E-state index contributed by atoms with van der Waals surface area (Å²) in [6, 6.07) is 17.4. The van der Waals surface area contributed by atoms with E-state index in [4.69, 9.17) is 5.73 Å². The zero-order valence-electron chi connectivity index (χ0n) is 11.8. The lowest BCUT2D eigenvalue weighted by Crippen LogP contribution is -2.08. The number of benzene rings is 2. The number of aromatic nitrogens is 1. The number of pyridine rings is 1. The standard InChI is InChI=1S/C18H18N2O/c19-15-9-7-14(8-10-15)4-3-12-20-13-11-18(21)16-5-1-2-6-17(16)20/h1-2,5-11,13H,3-4,12,19H2. The van der Waals surface area contributed by atoms with E-state index in [9.17, 15) is 4.79 Å². The number of fused-ring (bicyclic) bond motifs is 1. The van der Waals surface area contributed by atoms with Gasteiger partial charge in [0.2, 0.25) is 0 Å². The fourth-order valence-corrected chi connectivity index (χ4v) is 2.59. The molecule has 0 bridgehead atoms. The summed E-state index contributed by atoms with van der Waals surface area (Å²) in [5.41, 5.74) is 8.86. The van der Waals surface area contributed by atoms with E-state index >= 15 is 0 Å². The molecule has 0 fully saturated rings. The van der Waals surface area contributed by atoms with Crippen LogP contribution < -0.4 is 11.2 Å². The van der Waals surface area contributed by atoms with Crippen LogP contribution in [0, 0.1) is 0 Å². The van der Waals surface area contributed by atoms with Gasteiger partial charge in [0, 0.05) is 29.9 Å². The summed E-state index contributed by atoms with van der Waals surface area (Å²) in [5, 5.41) is 0.785. The number of para-hydroxylation sites is 1. The lowest BCUT2D eigenvalue weighted by atomic mass is 10.1. The number of hydrogen-bond donors (Lipinski definition) is 1. The molecule has 0 radical (unpaired) electrons. The van der Waals surface area contributed by atoms with Crippen molar-refractivity contribution in [2.75, 3.05) is 5.73 Å². The maximum atomic E-state index is 11.8. The Bertz CT molecular complexity index is 803. The molecular weight excluding hydrogens is 260 g/mol. The Labute approximate surface area is 123 Å². The minimum Gasteiger partial charge on any atom is -0.399 e. The van der Waals surface area contributed by atoms with Crippen LogP contribution in [0.3, 0.4) is 0 Å². The highest BCUT2D eigenvalue weighted by Crippen LogP contribution is 2.12. The Hall–Kier alpha value is -2.55. The minimum atomic E-state index is 0.0837. The number of nitrogen functional groups attached to an aromatic ring is 1. The van der Waals surface area contributed by atoms with Crippen LogP contribution in [0.5, 0.6) is 0 Å². The van der Waals surface area contributed by atoms with Crippen LogP contribution in [0.25, 0.3) is 10.9 Å². The monoisotopic (exact) mass is 278 g/mol. The average Bonchev–Trinajstić information content (AvgIpc) is 2.52. The summed E-state index contributed by atoms with van der Waals surface area (Å²) >= 11 is 0. The topological polar surface area (TPSA) is 48.0 Å². The van der Waals surface area contributed by atoms with E-state index in [1.165, 1.54) is 5.56 Å². The molecule has 3 aromatic rings. The molecule has 0 saturated heterocycles. The van der Waals surface area contributed by atoms with Crippen molar-refractivity contribution in [3.05, 3.63) is 76.6 Å². The van der Waals surface area contributed by atoms with E-state index in [0.29, 0.717) is 0 Å². The molecule has 3 heteroatoms. The van der Waals surface area contributed by atoms with Gasteiger partial charge in [-0.1, -0.05) is 24.3 Å². The van der Waals surface area contributed by atoms with Gasteiger partial charge in [0.25, 0.3) is 0 Å². The molecule has 0 aliphatic carbocycles. The van der Waals surface area contributed by atoms with Crippen molar-refractivity contribution < 1.29 is 0 Å². The molecule has 3 rings (SSSR count). The molecule has 2 N–H and O–H groups in total. The second-order valence-corrected chi connectivity index (χ2v) is 5.24. The van der Waals surface area contributed by atoms with Crippen molar-refractivity contribution in [1.82, 2.24) is 4.57 Å². The largest absolute Gasteiger partial charge is 0.399 e. The maximum Gasteiger partial charge on any atom is 0.189 e. The molecule has 21 heavy (non-hydrogen) atoms. The van der Waals surface area contributed by atoms with Gasteiger partial charge in [-0.15, -0.1) is 0 Å². The summed E-state index contributed by atoms with van der Waals surface area (Å²) in [7, 11) is 0. The third-order valence-electron chi connectivity index (χ3n) is 3.73. The second-order valence-electron chi connectivity index (χ2n) is 5.24. The normalized spacial score (nSPS) is 10.9. The highest BCUT2D eigenvalue weighted by molar-refractivity contribution is 5.78. The highest BCUT2D eigenvalue weighted by atomic mass is 16.1. The van der Waals surface area contributed by atoms with Crippen LogP contribution in [0.1, 0.15) is 12.0 Å². The molecule has 0 amide bonds. The molecule has 0 atom stereocenters. The second kappa shape index (κ2) is 5.83. The van der Waals surface area contributed by atoms with Crippen LogP contribution in [0.4, 0.5) is 5.69 Å². The van der Waals surface area contributed by atoms with E-state index in [0.717, 1.165) is 36.0 Å². The summed E-state index contributed by atoms with van der Waals surface area (Å²) in [6.07, 6.45) is 3.91. The number of anilines is 1. The first-order valence-electron chi connectivity index (χ1n) is 7.17. The molecule has 1 aromatic heterocycles. The molecule has 0 aliphatic heterocycles. The first-order chi connectivity index (χ1) is 10.2. The lowest BCUT2D eigenvalue weighted by molar-refractivity contribution is 0.657. The fourth-order valence-electron chi connectivity index (χ4n) is 2.59. The third kappa shape index (κ3) is 2.97. The zero-order chi connectivity index (χ0) is 14.7. The van der Waals surface area contributed by atoms with Gasteiger partial charge >= 0.3 is 0 Å². The number of aryl methyl sites for hydroxylation is 2. The summed E-state index contributed by atoms with van der Waals surface area (Å²) < 4.78 is 2.15. The van der Waals surface area contributed by atoms with Crippen molar-refractivity contribution in [2.45, 2.75) is 19.4 Å². The average molecular weight is 278 g/mol. The van der Waals surface area contributed by atoms with Gasteiger partial charge < -0.3 is 10.3 Å². The predicted octanol–water partition coefficient (Wildman–Crippen LogP) is 3.22. The van der Waals surface area contributed by atoms with Crippen molar-refractivity contribution >= 4 is 16.6 Å². The first-order valence-corrected chi connectivity index (χ1v) is 7.17. The van der Waals surface area contributed by atoms with Gasteiger partial charge in [0.1, 0.15) is 0 Å². The Morgan fingerprint density at radius 2 is 1.71 bits per heavy atom. The van der Waals surface area contributed by atoms with Gasteiger partial charge in [-0.05, 0) is 42.7 Å². The molecule has 106 valence electrons. The summed E-state index contributed by atoms with van der Waals surface area (Å²) in [6.45, 7) is 0.894. The Morgan fingerprint density at radius 3 is 2.52 bits per heavy atom. The highest BCUT2D eigenvalue weighted by Gasteiger charge is 2.02. The van der Waals surface area contributed by atoms with Crippen LogP contribution in [0.15, 0.2) is 65.6 Å². The van der Waals surface area contributed by atoms with Crippen molar-refractivity contribution in [1.29, 1.82) is 0 Å². The van der Waals surface area contributed by atoms with E-state index < -0.39 is 0 Å². The third-order valence-corrected chi connectivity index (χ3v) is 3.73. The van der Waals surface area contributed by atoms with Gasteiger partial charge in [0.15, 0.2) is 5.43 Å². The number of hydrogen-bond acceptors (Lipinski definition) is 2. The maximum absolute atomic E-state index is 11.8. The summed E-state index contributed by atoms with van der Waals surface area (Å²) in [5.74, 6) is 0. The molecule has 0 unspecified atom stereocenters. The van der Waals surface area contributed by atoms with Gasteiger partial charge in [0.05, 0.1) is 5.52 Å². The molecule has 0 spiro atoms. The molecule has 3 nitrogen and oxygen atoms in total. The van der Waals surface area contributed by atoms with Crippen molar-refractivity contribution in [3.63, 3.8) is 0 Å². The van der Waals surface area contributed by atoms with E-state index in [1.807, 2.05) is 42.6 Å². The van der Waals surface area contributed by atoms with Gasteiger partial charge in [-0.25, -0.2) is 0 Å². The Kier molecular flexibility index (Phi) is 3.73. The molecule has 2 aromatic carbocycles. The van der Waals surface area contributed by atoms with E-state index in [2.05, 4.69) is 16.7 Å². The fraction of sp³-hybridized carbons (Fsp3) is 0.167. The van der Waals surface area contributed by atoms with Crippen LogP contribution >= 0.6 is 0 Å². The molecular formula is C18H18N2O. The summed E-state index contributed by atoms with van der Waals surface area (Å²) in [4.78, 5) is 11.8. The smallest absolute Gasteiger partial charge is 0.189 e. The van der Waals surface area contributed by atoms with E-state index in [1.54, 1.807) is 6.07 Å². The zero-order valence-corrected chi connectivity index (χ0v) is 11.8.